The lowest BCUT2D eigenvalue weighted by molar-refractivity contribution is 0.101. The van der Waals surface area contributed by atoms with E-state index in [2.05, 4.69) is 30.7 Å². The summed E-state index contributed by atoms with van der Waals surface area (Å²) in [6.45, 7) is 2.74. The van der Waals surface area contributed by atoms with Gasteiger partial charge in [0.15, 0.2) is 51.8 Å². The number of aromatic nitrogens is 6. The number of carbonyl (C=O) groups excluding carboxylic acids is 2. The quantitative estimate of drug-likeness (QED) is 0.106. The summed E-state index contributed by atoms with van der Waals surface area (Å²) in [6, 6.07) is 20.1. The summed E-state index contributed by atoms with van der Waals surface area (Å²) in [4.78, 5) is 37.2. The first kappa shape index (κ1) is 43.8. The predicted molar refractivity (Wildman–Crippen MR) is 234 cm³/mol. The number of anilines is 2. The van der Waals surface area contributed by atoms with Gasteiger partial charge in [-0.2, -0.15) is 5.10 Å². The Labute approximate surface area is 365 Å². The van der Waals surface area contributed by atoms with Crippen molar-refractivity contribution in [3.63, 3.8) is 0 Å². The zero-order chi connectivity index (χ0) is 45.3. The van der Waals surface area contributed by atoms with Crippen LogP contribution in [0, 0.1) is 11.6 Å². The minimum absolute atomic E-state index is 0.00174. The first-order chi connectivity index (χ1) is 31.0. The van der Waals surface area contributed by atoms with Crippen LogP contribution in [-0.4, -0.2) is 69.6 Å². The lowest BCUT2D eigenvalue weighted by Crippen LogP contribution is -2.13. The molecule has 2 N–H and O–H groups in total. The molecular formula is C46H42F2N8O8. The summed E-state index contributed by atoms with van der Waals surface area (Å²) in [5.41, 5.74) is 2.28. The van der Waals surface area contributed by atoms with E-state index in [1.165, 1.54) is 59.0 Å². The number of halogens is 2. The molecule has 0 bridgehead atoms. The molecule has 0 radical (unpaired) electrons. The van der Waals surface area contributed by atoms with Crippen LogP contribution in [-0.2, 0) is 13.6 Å². The summed E-state index contributed by atoms with van der Waals surface area (Å²) in [6.07, 6.45) is 8.84. The van der Waals surface area contributed by atoms with Crippen LogP contribution in [0.25, 0.3) is 21.8 Å². The van der Waals surface area contributed by atoms with Gasteiger partial charge in [0.2, 0.25) is 0 Å². The van der Waals surface area contributed by atoms with Crippen molar-refractivity contribution in [1.82, 2.24) is 29.3 Å². The zero-order valence-corrected chi connectivity index (χ0v) is 35.5. The van der Waals surface area contributed by atoms with E-state index >= 15 is 0 Å². The maximum Gasteiger partial charge on any atom is 0.276 e. The number of fused-ring (bicyclic) bond motifs is 2. The number of benzene rings is 4. The molecule has 0 spiro atoms. The summed E-state index contributed by atoms with van der Waals surface area (Å²) in [7, 11) is 7.88. The zero-order valence-electron chi connectivity index (χ0n) is 35.5. The van der Waals surface area contributed by atoms with E-state index in [1.54, 1.807) is 95.7 Å². The summed E-state index contributed by atoms with van der Waals surface area (Å²) in [5, 5.41) is 10.7. The Balaban J connectivity index is 0.000000192. The smallest absolute Gasteiger partial charge is 0.276 e. The first-order valence-corrected chi connectivity index (χ1v) is 19.6. The molecule has 16 nitrogen and oxygen atoms in total. The van der Waals surface area contributed by atoms with Gasteiger partial charge in [0.25, 0.3) is 11.8 Å². The molecule has 4 aromatic heterocycles. The number of imidazole rings is 1. The number of carbonyl (C=O) groups is 2. The molecule has 0 atom stereocenters. The van der Waals surface area contributed by atoms with Crippen molar-refractivity contribution in [1.29, 1.82) is 0 Å². The molecule has 0 aliphatic carbocycles. The number of hydrogen-bond donors (Lipinski definition) is 2. The lowest BCUT2D eigenvalue weighted by atomic mass is 10.2. The van der Waals surface area contributed by atoms with Crippen LogP contribution in [0.1, 0.15) is 34.3 Å². The molecule has 4 aromatic carbocycles. The van der Waals surface area contributed by atoms with Gasteiger partial charge in [0.05, 0.1) is 45.8 Å². The third kappa shape index (κ3) is 9.91. The predicted octanol–water partition coefficient (Wildman–Crippen LogP) is 9.21. The third-order valence-corrected chi connectivity index (χ3v) is 9.50. The summed E-state index contributed by atoms with van der Waals surface area (Å²) in [5.74, 6) is 0.741. The highest BCUT2D eigenvalue weighted by molar-refractivity contribution is 6.03. The highest BCUT2D eigenvalue weighted by atomic mass is 19.1. The maximum atomic E-state index is 14.8. The minimum Gasteiger partial charge on any atom is -0.493 e. The first-order valence-electron chi connectivity index (χ1n) is 19.6. The Morgan fingerprint density at radius 2 is 1.08 bits per heavy atom. The largest absolute Gasteiger partial charge is 0.493 e. The number of ether oxygens (including phenoxy) is 6. The molecule has 0 unspecified atom stereocenters. The molecule has 0 aliphatic rings. The van der Waals surface area contributed by atoms with Crippen molar-refractivity contribution in [2.75, 3.05) is 39.1 Å². The van der Waals surface area contributed by atoms with E-state index < -0.39 is 23.4 Å². The number of rotatable bonds is 14. The van der Waals surface area contributed by atoms with Gasteiger partial charge in [-0.25, -0.2) is 13.8 Å². The monoisotopic (exact) mass is 872 g/mol. The van der Waals surface area contributed by atoms with E-state index in [1.807, 2.05) is 6.92 Å². The number of amides is 2. The molecule has 18 heteroatoms. The minimum atomic E-state index is -0.635. The Morgan fingerprint density at radius 3 is 1.52 bits per heavy atom. The maximum absolute atomic E-state index is 14.8. The van der Waals surface area contributed by atoms with Gasteiger partial charge < -0.3 is 43.6 Å². The molecular weight excluding hydrogens is 831 g/mol. The van der Waals surface area contributed by atoms with Crippen molar-refractivity contribution >= 4 is 45.0 Å². The van der Waals surface area contributed by atoms with Crippen molar-refractivity contribution in [3.05, 3.63) is 133 Å². The van der Waals surface area contributed by atoms with Gasteiger partial charge in [0, 0.05) is 84.8 Å². The van der Waals surface area contributed by atoms with Crippen LogP contribution < -0.4 is 39.1 Å². The third-order valence-electron chi connectivity index (χ3n) is 9.50. The van der Waals surface area contributed by atoms with Crippen molar-refractivity contribution in [2.45, 2.75) is 19.9 Å². The Hall–Kier alpha value is -8.28. The molecule has 0 saturated carbocycles. The van der Waals surface area contributed by atoms with Crippen LogP contribution >= 0.6 is 0 Å². The molecule has 2 amide bonds. The number of hydrogen-bond acceptors (Lipinski definition) is 12. The van der Waals surface area contributed by atoms with Crippen LogP contribution in [0.3, 0.4) is 0 Å². The SMILES string of the molecule is CCCn1ccc(C(=O)Nc2ccc(Oc3ccnc4cc(OC)c(OC)cc34)c(F)c2)n1.COc1cc2nccc(Oc3ccc(NC(=O)c4cn(C)cn4)cc3F)c2cc1OC. The molecule has 0 aliphatic heterocycles. The highest BCUT2D eigenvalue weighted by Crippen LogP contribution is 2.39. The fourth-order valence-corrected chi connectivity index (χ4v) is 6.39. The van der Waals surface area contributed by atoms with Gasteiger partial charge in [-0.1, -0.05) is 6.92 Å². The van der Waals surface area contributed by atoms with Crippen LogP contribution in [0.2, 0.25) is 0 Å². The normalized spacial score (nSPS) is 10.8. The van der Waals surface area contributed by atoms with E-state index in [-0.39, 0.29) is 28.6 Å². The van der Waals surface area contributed by atoms with Gasteiger partial charge in [-0.15, -0.1) is 0 Å². The molecule has 8 rings (SSSR count). The van der Waals surface area contributed by atoms with E-state index in [0.717, 1.165) is 13.0 Å². The van der Waals surface area contributed by atoms with E-state index in [9.17, 15) is 18.4 Å². The van der Waals surface area contributed by atoms with Gasteiger partial charge in [0.1, 0.15) is 17.2 Å². The van der Waals surface area contributed by atoms with Gasteiger partial charge >= 0.3 is 0 Å². The number of pyridine rings is 2. The van der Waals surface area contributed by atoms with E-state index in [4.69, 9.17) is 28.4 Å². The van der Waals surface area contributed by atoms with Crippen molar-refractivity contribution < 1.29 is 46.8 Å². The second-order valence-corrected chi connectivity index (χ2v) is 13.9. The fraction of sp³-hybridized carbons (Fsp3) is 0.174. The Bertz CT molecular complexity index is 2970. The van der Waals surface area contributed by atoms with Crippen LogP contribution in [0.5, 0.6) is 46.0 Å². The molecule has 4 heterocycles. The number of methoxy groups -OCH3 is 4. The average molecular weight is 873 g/mol. The Morgan fingerprint density at radius 1 is 0.594 bits per heavy atom. The molecule has 328 valence electrons. The molecule has 64 heavy (non-hydrogen) atoms. The van der Waals surface area contributed by atoms with Crippen molar-refractivity contribution in [3.8, 4) is 46.0 Å². The van der Waals surface area contributed by atoms with Crippen LogP contribution in [0.15, 0.2) is 110 Å². The molecule has 0 saturated heterocycles. The van der Waals surface area contributed by atoms with Gasteiger partial charge in [-0.05, 0) is 61.0 Å². The average Bonchev–Trinajstić information content (AvgIpc) is 3.97. The number of nitrogens with zero attached hydrogens (tertiary/aromatic N) is 6. The Kier molecular flexibility index (Phi) is 13.4. The van der Waals surface area contributed by atoms with Crippen molar-refractivity contribution in [2.24, 2.45) is 7.05 Å². The summed E-state index contributed by atoms with van der Waals surface area (Å²) < 4.78 is 65.8. The van der Waals surface area contributed by atoms with E-state index in [0.29, 0.717) is 62.0 Å². The number of aryl methyl sites for hydroxylation is 2. The van der Waals surface area contributed by atoms with Gasteiger partial charge in [-0.3, -0.25) is 24.2 Å². The summed E-state index contributed by atoms with van der Waals surface area (Å²) >= 11 is 0. The molecule has 0 fully saturated rings. The lowest BCUT2D eigenvalue weighted by Gasteiger charge is -2.13. The van der Waals surface area contributed by atoms with Crippen LogP contribution in [0.4, 0.5) is 20.2 Å². The molecule has 8 aromatic rings. The highest BCUT2D eigenvalue weighted by Gasteiger charge is 2.17. The number of nitrogens with one attached hydrogen (secondary N) is 2. The topological polar surface area (TPSA) is 175 Å². The standard InChI is InChI=1S/C24H23FN4O4.C22H19FN4O4/c1-4-10-29-11-8-18(28-29)24(30)27-15-5-6-21(17(25)12-15)33-20-7-9-26-19-14-23(32-3)22(31-2)13-16(19)20;1-27-11-17(25-12-27)22(28)26-13-4-5-19(15(23)8-13)31-18-6-7-24-16-10-21(30-3)20(29-2)9-14(16)18/h5-9,11-14H,4,10H2,1-3H3,(H,27,30);4-12H,1-3H3,(H,26,28). The second kappa shape index (κ2) is 19.6. The second-order valence-electron chi connectivity index (χ2n) is 13.9. The fourth-order valence-electron chi connectivity index (χ4n) is 6.39.